The summed E-state index contributed by atoms with van der Waals surface area (Å²) in [6, 6.07) is 29.9. The van der Waals surface area contributed by atoms with Crippen molar-refractivity contribution >= 4 is 17.1 Å². The molecule has 0 fully saturated rings. The second kappa shape index (κ2) is 6.28. The fourth-order valence-electron chi connectivity index (χ4n) is 6.98. The second-order valence-electron chi connectivity index (χ2n) is 10.4. The molecule has 0 saturated carbocycles. The zero-order valence-electron chi connectivity index (χ0n) is 19.3. The molecule has 0 N–H and O–H groups in total. The smallest absolute Gasteiger partial charge is 0.0716 e. The van der Waals surface area contributed by atoms with E-state index in [4.69, 9.17) is 4.98 Å². The molecule has 164 valence electrons. The van der Waals surface area contributed by atoms with Gasteiger partial charge in [0, 0.05) is 24.7 Å². The van der Waals surface area contributed by atoms with Crippen LogP contribution in [0, 0.1) is 0 Å². The Morgan fingerprint density at radius 3 is 2.14 bits per heavy atom. The Bertz CT molecular complexity index is 1760. The summed E-state index contributed by atoms with van der Waals surface area (Å²) >= 11 is 0. The van der Waals surface area contributed by atoms with Gasteiger partial charge < -0.3 is 4.90 Å². The lowest BCUT2D eigenvalue weighted by atomic mass is 9.87. The number of nitrogens with zero attached hydrogens (tertiary/aromatic N) is 2. The number of para-hydroxylation sites is 1. The molecule has 0 bridgehead atoms. The zero-order chi connectivity index (χ0) is 22.7. The summed E-state index contributed by atoms with van der Waals surface area (Å²) in [4.78, 5) is 7.30. The number of rotatable bonds is 0. The van der Waals surface area contributed by atoms with Crippen LogP contribution in [-0.2, 0) is 25.7 Å². The monoisotopic (exact) mass is 446 g/mol. The number of pyridine rings is 1. The van der Waals surface area contributed by atoms with Gasteiger partial charge in [-0.3, -0.25) is 4.98 Å². The Balaban J connectivity index is 1.25. The van der Waals surface area contributed by atoms with E-state index in [0.29, 0.717) is 0 Å². The van der Waals surface area contributed by atoms with Gasteiger partial charge in [-0.1, -0.05) is 48.5 Å². The van der Waals surface area contributed by atoms with Gasteiger partial charge in [-0.05, 0) is 104 Å². The fraction of sp³-hybridized carbons (Fsp3) is 0.121. The van der Waals surface area contributed by atoms with Crippen LogP contribution < -0.4 is 4.90 Å². The highest BCUT2D eigenvalue weighted by atomic mass is 15.2. The standard InChI is InChI=1S/C33H22N2/c1-3-7-26-19(5-1)11-22-13-23-14-24-17-32-25(15-27(24)29(23)18-28(22)26)12-21-9-10-34-30-16-20-6-2-4-8-31(20)35(32)33(21)30/h1-10,13,15,17-18H,11-12,14,16H2. The molecule has 35 heavy (non-hydrogen) atoms. The third kappa shape index (κ3) is 2.32. The van der Waals surface area contributed by atoms with Crippen LogP contribution in [0.15, 0.2) is 85.1 Å². The molecular weight excluding hydrogens is 424 g/mol. The minimum Gasteiger partial charge on any atom is -0.308 e. The van der Waals surface area contributed by atoms with Gasteiger partial charge in [0.1, 0.15) is 0 Å². The van der Waals surface area contributed by atoms with Crippen molar-refractivity contribution in [2.45, 2.75) is 25.7 Å². The average molecular weight is 447 g/mol. The summed E-state index contributed by atoms with van der Waals surface area (Å²) in [5.74, 6) is 0. The Labute approximate surface area is 204 Å². The Morgan fingerprint density at radius 2 is 1.20 bits per heavy atom. The molecule has 4 aromatic carbocycles. The number of hydrogen-bond acceptors (Lipinski definition) is 2. The molecule has 5 aromatic rings. The van der Waals surface area contributed by atoms with Crippen LogP contribution in [-0.4, -0.2) is 4.98 Å². The van der Waals surface area contributed by atoms with Crippen molar-refractivity contribution in [1.82, 2.24) is 4.98 Å². The van der Waals surface area contributed by atoms with Crippen molar-refractivity contribution in [3.05, 3.63) is 130 Å². The van der Waals surface area contributed by atoms with E-state index in [1.807, 2.05) is 6.20 Å². The van der Waals surface area contributed by atoms with Gasteiger partial charge in [0.05, 0.1) is 17.1 Å². The first-order valence-corrected chi connectivity index (χ1v) is 12.6. The maximum absolute atomic E-state index is 4.80. The van der Waals surface area contributed by atoms with E-state index >= 15 is 0 Å². The molecule has 0 atom stereocenters. The summed E-state index contributed by atoms with van der Waals surface area (Å²) in [7, 11) is 0. The number of anilines is 3. The first kappa shape index (κ1) is 18.2. The molecule has 0 radical (unpaired) electrons. The lowest BCUT2D eigenvalue weighted by molar-refractivity contribution is 0.959. The topological polar surface area (TPSA) is 16.1 Å². The Hall–Kier alpha value is -4.17. The lowest BCUT2D eigenvalue weighted by Gasteiger charge is -2.39. The number of fused-ring (bicyclic) bond motifs is 10. The van der Waals surface area contributed by atoms with Gasteiger partial charge in [-0.25, -0.2) is 0 Å². The first-order valence-electron chi connectivity index (χ1n) is 12.6. The molecule has 2 aliphatic heterocycles. The van der Waals surface area contributed by atoms with Crippen LogP contribution in [0.4, 0.5) is 17.1 Å². The van der Waals surface area contributed by atoms with E-state index in [1.54, 1.807) is 0 Å². The summed E-state index contributed by atoms with van der Waals surface area (Å²) in [6.07, 6.45) is 5.95. The number of benzene rings is 4. The van der Waals surface area contributed by atoms with Gasteiger partial charge in [-0.2, -0.15) is 0 Å². The third-order valence-electron chi connectivity index (χ3n) is 8.51. The molecule has 0 saturated heterocycles. The average Bonchev–Trinajstić information content (AvgIpc) is 3.42. The van der Waals surface area contributed by atoms with Crippen LogP contribution in [0.2, 0.25) is 0 Å². The van der Waals surface area contributed by atoms with Crippen LogP contribution in [0.25, 0.3) is 22.3 Å². The molecule has 9 rings (SSSR count). The van der Waals surface area contributed by atoms with Crippen molar-refractivity contribution < 1.29 is 0 Å². The van der Waals surface area contributed by atoms with Crippen LogP contribution in [0.5, 0.6) is 0 Å². The molecule has 3 heterocycles. The summed E-state index contributed by atoms with van der Waals surface area (Å²) in [6.45, 7) is 0. The minimum absolute atomic E-state index is 0.911. The van der Waals surface area contributed by atoms with Crippen molar-refractivity contribution in [2.24, 2.45) is 0 Å². The number of hydrogen-bond donors (Lipinski definition) is 0. The fourth-order valence-corrected chi connectivity index (χ4v) is 6.98. The van der Waals surface area contributed by atoms with Gasteiger partial charge in [-0.15, -0.1) is 0 Å². The predicted octanol–water partition coefficient (Wildman–Crippen LogP) is 7.50. The van der Waals surface area contributed by atoms with Gasteiger partial charge in [0.2, 0.25) is 0 Å². The highest BCUT2D eigenvalue weighted by Gasteiger charge is 2.34. The van der Waals surface area contributed by atoms with E-state index in [2.05, 4.69) is 83.8 Å². The second-order valence-corrected chi connectivity index (χ2v) is 10.4. The highest BCUT2D eigenvalue weighted by Crippen LogP contribution is 2.53. The SMILES string of the molecule is c1ccc2c(c1)Cc1cc3c(cc1-2)-c1cc2c(cc1C3)N1c3ccccc3Cc3nccc(c31)C2. The summed E-state index contributed by atoms with van der Waals surface area (Å²) in [5.41, 5.74) is 20.9. The molecular formula is C33H22N2. The zero-order valence-corrected chi connectivity index (χ0v) is 19.3. The quantitative estimate of drug-likeness (QED) is 0.240. The minimum atomic E-state index is 0.911. The van der Waals surface area contributed by atoms with E-state index in [-0.39, 0.29) is 0 Å². The van der Waals surface area contributed by atoms with Crippen LogP contribution >= 0.6 is 0 Å². The van der Waals surface area contributed by atoms with E-state index in [0.717, 1.165) is 25.7 Å². The summed E-state index contributed by atoms with van der Waals surface area (Å²) < 4.78 is 0. The van der Waals surface area contributed by atoms with Crippen molar-refractivity contribution in [1.29, 1.82) is 0 Å². The van der Waals surface area contributed by atoms with Gasteiger partial charge in [0.25, 0.3) is 0 Å². The number of aromatic nitrogens is 1. The van der Waals surface area contributed by atoms with E-state index in [1.165, 1.54) is 84.0 Å². The van der Waals surface area contributed by atoms with Gasteiger partial charge in [0.15, 0.2) is 0 Å². The lowest BCUT2D eigenvalue weighted by Crippen LogP contribution is -2.25. The molecule has 2 aliphatic carbocycles. The molecule has 0 unspecified atom stereocenters. The van der Waals surface area contributed by atoms with Gasteiger partial charge >= 0.3 is 0 Å². The van der Waals surface area contributed by atoms with E-state index < -0.39 is 0 Å². The normalized spacial score (nSPS) is 14.9. The predicted molar refractivity (Wildman–Crippen MR) is 141 cm³/mol. The van der Waals surface area contributed by atoms with Crippen LogP contribution in [0.3, 0.4) is 0 Å². The Kier molecular flexibility index (Phi) is 3.27. The first-order chi connectivity index (χ1) is 17.3. The van der Waals surface area contributed by atoms with Crippen molar-refractivity contribution in [3.63, 3.8) is 0 Å². The molecule has 2 heteroatoms. The molecule has 0 amide bonds. The third-order valence-corrected chi connectivity index (χ3v) is 8.51. The molecule has 4 aliphatic rings. The molecule has 2 nitrogen and oxygen atoms in total. The van der Waals surface area contributed by atoms with Crippen molar-refractivity contribution in [3.8, 4) is 22.3 Å². The largest absolute Gasteiger partial charge is 0.308 e. The van der Waals surface area contributed by atoms with E-state index in [9.17, 15) is 0 Å². The maximum Gasteiger partial charge on any atom is 0.0716 e. The van der Waals surface area contributed by atoms with Crippen molar-refractivity contribution in [2.75, 3.05) is 4.90 Å². The maximum atomic E-state index is 4.80. The molecule has 1 aromatic heterocycles. The summed E-state index contributed by atoms with van der Waals surface area (Å²) in [5, 5.41) is 0. The molecule has 0 spiro atoms. The van der Waals surface area contributed by atoms with Crippen LogP contribution in [0.1, 0.15) is 44.6 Å². The Morgan fingerprint density at radius 1 is 0.486 bits per heavy atom. The highest BCUT2D eigenvalue weighted by molar-refractivity contribution is 5.92.